The molecule has 6 heteroatoms. The molecular formula is C14H18F2N4. The van der Waals surface area contributed by atoms with E-state index in [4.69, 9.17) is 0 Å². The van der Waals surface area contributed by atoms with Gasteiger partial charge in [0.15, 0.2) is 17.5 Å². The first-order chi connectivity index (χ1) is 9.56. The normalized spacial score (nSPS) is 11.2. The Balaban J connectivity index is 1.97. The Labute approximate surface area is 116 Å². The highest BCUT2D eigenvalue weighted by atomic mass is 19.2. The van der Waals surface area contributed by atoms with Gasteiger partial charge >= 0.3 is 0 Å². The van der Waals surface area contributed by atoms with Crippen LogP contribution in [0.15, 0.2) is 24.5 Å². The lowest BCUT2D eigenvalue weighted by molar-refractivity contribution is 0.490. The van der Waals surface area contributed by atoms with Gasteiger partial charge in [-0.05, 0) is 18.5 Å². The standard InChI is InChI=1S/C14H18F2N4/c1-10(2)6-17-7-13-18-9-20(19-13)8-11-4-3-5-12(15)14(11)16/h3-5,9-10,17H,6-8H2,1-2H3. The highest BCUT2D eigenvalue weighted by molar-refractivity contribution is 5.18. The van der Waals surface area contributed by atoms with Gasteiger partial charge in [0.1, 0.15) is 6.33 Å². The zero-order valence-corrected chi connectivity index (χ0v) is 11.6. The number of rotatable bonds is 6. The number of nitrogens with one attached hydrogen (secondary N) is 1. The van der Waals surface area contributed by atoms with Crippen LogP contribution in [0, 0.1) is 17.6 Å². The van der Waals surface area contributed by atoms with E-state index in [1.807, 2.05) is 0 Å². The van der Waals surface area contributed by atoms with E-state index in [2.05, 4.69) is 29.2 Å². The number of halogens is 2. The van der Waals surface area contributed by atoms with Crippen molar-refractivity contribution in [1.29, 1.82) is 0 Å². The van der Waals surface area contributed by atoms with E-state index in [1.54, 1.807) is 0 Å². The smallest absolute Gasteiger partial charge is 0.164 e. The van der Waals surface area contributed by atoms with E-state index >= 15 is 0 Å². The van der Waals surface area contributed by atoms with Crippen LogP contribution in [-0.2, 0) is 13.1 Å². The van der Waals surface area contributed by atoms with Gasteiger partial charge in [0.05, 0.1) is 13.1 Å². The molecule has 0 saturated carbocycles. The van der Waals surface area contributed by atoms with Crippen LogP contribution in [0.1, 0.15) is 25.2 Å². The van der Waals surface area contributed by atoms with Crippen molar-refractivity contribution in [1.82, 2.24) is 20.1 Å². The van der Waals surface area contributed by atoms with Gasteiger partial charge in [-0.25, -0.2) is 18.4 Å². The summed E-state index contributed by atoms with van der Waals surface area (Å²) in [7, 11) is 0. The molecule has 1 aromatic carbocycles. The van der Waals surface area contributed by atoms with E-state index in [0.717, 1.165) is 12.6 Å². The monoisotopic (exact) mass is 280 g/mol. The minimum atomic E-state index is -0.846. The number of hydrogen-bond acceptors (Lipinski definition) is 3. The van der Waals surface area contributed by atoms with Crippen LogP contribution in [0.4, 0.5) is 8.78 Å². The molecule has 0 atom stereocenters. The van der Waals surface area contributed by atoms with Gasteiger partial charge in [-0.15, -0.1) is 0 Å². The van der Waals surface area contributed by atoms with Crippen molar-refractivity contribution >= 4 is 0 Å². The summed E-state index contributed by atoms with van der Waals surface area (Å²) in [5.41, 5.74) is 0.261. The molecule has 4 nitrogen and oxygen atoms in total. The Morgan fingerprint density at radius 2 is 2.10 bits per heavy atom. The maximum atomic E-state index is 13.5. The van der Waals surface area contributed by atoms with Crippen molar-refractivity contribution in [3.63, 3.8) is 0 Å². The first kappa shape index (κ1) is 14.6. The second-order valence-corrected chi connectivity index (χ2v) is 5.10. The van der Waals surface area contributed by atoms with Gasteiger partial charge in [-0.3, -0.25) is 0 Å². The summed E-state index contributed by atoms with van der Waals surface area (Å²) in [6, 6.07) is 4.12. The van der Waals surface area contributed by atoms with Crippen LogP contribution in [0.3, 0.4) is 0 Å². The molecule has 20 heavy (non-hydrogen) atoms. The molecule has 0 unspecified atom stereocenters. The molecule has 0 amide bonds. The van der Waals surface area contributed by atoms with Gasteiger partial charge in [0.2, 0.25) is 0 Å². The fourth-order valence-electron chi connectivity index (χ4n) is 1.81. The SMILES string of the molecule is CC(C)CNCc1ncn(Cc2cccc(F)c2F)n1. The molecule has 1 aromatic heterocycles. The first-order valence-electron chi connectivity index (χ1n) is 6.58. The predicted molar refractivity (Wildman–Crippen MR) is 72.0 cm³/mol. The Kier molecular flexibility index (Phi) is 4.79. The summed E-state index contributed by atoms with van der Waals surface area (Å²) >= 11 is 0. The zero-order valence-electron chi connectivity index (χ0n) is 11.6. The van der Waals surface area contributed by atoms with Gasteiger partial charge in [0.25, 0.3) is 0 Å². The zero-order chi connectivity index (χ0) is 14.5. The quantitative estimate of drug-likeness (QED) is 0.883. The summed E-state index contributed by atoms with van der Waals surface area (Å²) < 4.78 is 28.1. The topological polar surface area (TPSA) is 42.7 Å². The molecule has 0 aliphatic rings. The van der Waals surface area contributed by atoms with Crippen LogP contribution >= 0.6 is 0 Å². The van der Waals surface area contributed by atoms with Crippen molar-refractivity contribution < 1.29 is 8.78 Å². The third kappa shape index (κ3) is 3.84. The Hall–Kier alpha value is -1.82. The van der Waals surface area contributed by atoms with Crippen molar-refractivity contribution in [2.45, 2.75) is 26.9 Å². The minimum Gasteiger partial charge on any atom is -0.310 e. The summed E-state index contributed by atoms with van der Waals surface area (Å²) in [4.78, 5) is 4.13. The van der Waals surface area contributed by atoms with Crippen LogP contribution in [0.2, 0.25) is 0 Å². The first-order valence-corrected chi connectivity index (χ1v) is 6.58. The Bertz CT molecular complexity index is 566. The third-order valence-electron chi connectivity index (χ3n) is 2.78. The average Bonchev–Trinajstić information content (AvgIpc) is 2.82. The fourth-order valence-corrected chi connectivity index (χ4v) is 1.81. The average molecular weight is 280 g/mol. The second kappa shape index (κ2) is 6.56. The molecule has 1 heterocycles. The van der Waals surface area contributed by atoms with Gasteiger partial charge < -0.3 is 5.32 Å². The highest BCUT2D eigenvalue weighted by Crippen LogP contribution is 2.12. The van der Waals surface area contributed by atoms with Crippen molar-refractivity contribution in [3.8, 4) is 0 Å². The molecule has 0 saturated heterocycles. The highest BCUT2D eigenvalue weighted by Gasteiger charge is 2.09. The number of benzene rings is 1. The third-order valence-corrected chi connectivity index (χ3v) is 2.78. The molecule has 108 valence electrons. The lowest BCUT2D eigenvalue weighted by atomic mass is 10.2. The van der Waals surface area contributed by atoms with Crippen molar-refractivity contribution in [2.75, 3.05) is 6.54 Å². The van der Waals surface area contributed by atoms with Gasteiger partial charge in [-0.2, -0.15) is 5.10 Å². The number of nitrogens with zero attached hydrogens (tertiary/aromatic N) is 3. The summed E-state index contributed by atoms with van der Waals surface area (Å²) in [6.45, 7) is 5.85. The molecule has 2 aromatic rings. The molecule has 2 rings (SSSR count). The number of aromatic nitrogens is 3. The summed E-state index contributed by atoms with van der Waals surface area (Å²) in [6.07, 6.45) is 1.52. The molecule has 1 N–H and O–H groups in total. The maximum absolute atomic E-state index is 13.5. The molecule has 0 spiro atoms. The number of hydrogen-bond donors (Lipinski definition) is 1. The molecular weight excluding hydrogens is 262 g/mol. The van der Waals surface area contributed by atoms with E-state index in [-0.39, 0.29) is 12.1 Å². The van der Waals surface area contributed by atoms with Crippen LogP contribution < -0.4 is 5.32 Å². The molecule has 0 bridgehead atoms. The Morgan fingerprint density at radius 1 is 1.30 bits per heavy atom. The fraction of sp³-hybridized carbons (Fsp3) is 0.429. The maximum Gasteiger partial charge on any atom is 0.164 e. The van der Waals surface area contributed by atoms with Gasteiger partial charge in [0, 0.05) is 5.56 Å². The van der Waals surface area contributed by atoms with Crippen molar-refractivity contribution in [3.05, 3.63) is 47.5 Å². The largest absolute Gasteiger partial charge is 0.310 e. The second-order valence-electron chi connectivity index (χ2n) is 5.10. The van der Waals surface area contributed by atoms with Crippen LogP contribution in [0.5, 0.6) is 0 Å². The van der Waals surface area contributed by atoms with E-state index in [9.17, 15) is 8.78 Å². The molecule has 0 radical (unpaired) electrons. The molecule has 0 fully saturated rings. The lowest BCUT2D eigenvalue weighted by Crippen LogP contribution is -2.19. The van der Waals surface area contributed by atoms with E-state index < -0.39 is 11.6 Å². The lowest BCUT2D eigenvalue weighted by Gasteiger charge is -2.05. The Morgan fingerprint density at radius 3 is 2.85 bits per heavy atom. The minimum absolute atomic E-state index is 0.167. The van der Waals surface area contributed by atoms with Crippen molar-refractivity contribution in [2.24, 2.45) is 5.92 Å². The van der Waals surface area contributed by atoms with E-state index in [1.165, 1.54) is 23.1 Å². The predicted octanol–water partition coefficient (Wildman–Crippen LogP) is 2.35. The van der Waals surface area contributed by atoms with E-state index in [0.29, 0.717) is 18.3 Å². The summed E-state index contributed by atoms with van der Waals surface area (Å²) in [5, 5.41) is 7.45. The van der Waals surface area contributed by atoms with Crippen LogP contribution in [0.25, 0.3) is 0 Å². The summed E-state index contributed by atoms with van der Waals surface area (Å²) in [5.74, 6) is -0.482. The van der Waals surface area contributed by atoms with Gasteiger partial charge in [-0.1, -0.05) is 26.0 Å². The molecule has 0 aliphatic heterocycles. The molecule has 0 aliphatic carbocycles. The van der Waals surface area contributed by atoms with Crippen LogP contribution in [-0.4, -0.2) is 21.3 Å².